The van der Waals surface area contributed by atoms with Crippen LogP contribution in [0.3, 0.4) is 0 Å². The number of aliphatic imine (C=N–C) groups is 1. The normalized spacial score (nSPS) is 14.0. The van der Waals surface area contributed by atoms with Gasteiger partial charge in [0.2, 0.25) is 5.70 Å². The van der Waals surface area contributed by atoms with Gasteiger partial charge in [-0.1, -0.05) is 42.8 Å². The standard InChI is InChI=1S/C24H29ClN6O4S/c1-3-15-4-6-16(7-5-15)22(21-13-29-21)30-24(33)20(26)14-31(27)11-10-28-23(32)18-9-8-17(12-19(18)25)36(2,34)35/h4-9,12,14,22H,3,10-11,13,26-27H2,1-2H3,(H,28,32)(H,30,33)/p+1/b20-14-. The molecule has 0 fully saturated rings. The first-order chi connectivity index (χ1) is 17.0. The van der Waals surface area contributed by atoms with E-state index in [4.69, 9.17) is 17.4 Å². The number of carbonyl (C=O) groups excluding carboxylic acids is 2. The van der Waals surface area contributed by atoms with E-state index in [9.17, 15) is 18.0 Å². The molecule has 192 valence electrons. The fraction of sp³-hybridized carbons (Fsp3) is 0.292. The van der Waals surface area contributed by atoms with Crippen LogP contribution in [0.1, 0.15) is 34.5 Å². The summed E-state index contributed by atoms with van der Waals surface area (Å²) in [6.45, 7) is 3.02. The number of halogens is 1. The number of carbonyl (C=O) groups is 2. The summed E-state index contributed by atoms with van der Waals surface area (Å²) in [5, 5.41) is 6.87. The molecule has 0 spiro atoms. The van der Waals surface area contributed by atoms with Crippen molar-refractivity contribution in [2.75, 3.05) is 25.9 Å². The Kier molecular flexibility index (Phi) is 8.85. The van der Waals surface area contributed by atoms with Crippen LogP contribution in [0.25, 0.3) is 0 Å². The van der Waals surface area contributed by atoms with Crippen molar-refractivity contribution >= 4 is 39.0 Å². The van der Waals surface area contributed by atoms with Crippen LogP contribution >= 0.6 is 11.6 Å². The molecular formula is C24H30ClN6O4S+. The molecule has 0 radical (unpaired) electrons. The largest absolute Gasteiger partial charge is 0.350 e. The summed E-state index contributed by atoms with van der Waals surface area (Å²) in [7, 11) is -3.43. The van der Waals surface area contributed by atoms with E-state index in [1.807, 2.05) is 24.3 Å². The summed E-state index contributed by atoms with van der Waals surface area (Å²) < 4.78 is 23.2. The lowest BCUT2D eigenvalue weighted by Crippen LogP contribution is -2.56. The zero-order chi connectivity index (χ0) is 26.5. The molecule has 1 aliphatic heterocycles. The van der Waals surface area contributed by atoms with Gasteiger partial charge in [-0.2, -0.15) is 0 Å². The Bertz CT molecular complexity index is 1310. The number of hydrazine groups is 1. The smallest absolute Gasteiger partial charge is 0.307 e. The SMILES string of the molecule is CCc1ccc(C(NC(=O)/C([NH3+])=C/N(N)CCNC(=O)c2ccc(S(C)(=O)=O)cc2Cl)C2=NC2)cc1. The van der Waals surface area contributed by atoms with Crippen LogP contribution in [0, 0.1) is 0 Å². The van der Waals surface area contributed by atoms with Crippen molar-refractivity contribution in [3.63, 3.8) is 0 Å². The highest BCUT2D eigenvalue weighted by atomic mass is 35.5. The number of nitrogens with zero attached hydrogens (tertiary/aromatic N) is 2. The summed E-state index contributed by atoms with van der Waals surface area (Å²) in [5.41, 5.74) is 7.14. The van der Waals surface area contributed by atoms with Crippen LogP contribution in [0.4, 0.5) is 0 Å². The van der Waals surface area contributed by atoms with Gasteiger partial charge in [-0.05, 0) is 35.7 Å². The van der Waals surface area contributed by atoms with Crippen LogP contribution in [0.15, 0.2) is 64.2 Å². The molecule has 7 N–H and O–H groups in total. The van der Waals surface area contributed by atoms with Crippen molar-refractivity contribution in [3.05, 3.63) is 76.1 Å². The van der Waals surface area contributed by atoms with Crippen molar-refractivity contribution in [1.82, 2.24) is 15.6 Å². The number of aryl methyl sites for hydroxylation is 1. The zero-order valence-corrected chi connectivity index (χ0v) is 21.7. The summed E-state index contributed by atoms with van der Waals surface area (Å²) in [6, 6.07) is 11.6. The van der Waals surface area contributed by atoms with Crippen molar-refractivity contribution < 1.29 is 23.7 Å². The van der Waals surface area contributed by atoms with Crippen LogP contribution in [-0.4, -0.2) is 56.8 Å². The molecule has 1 heterocycles. The topological polar surface area (TPSA) is 162 Å². The summed E-state index contributed by atoms with van der Waals surface area (Å²) in [5.74, 6) is 5.09. The molecule has 0 bridgehead atoms. The third kappa shape index (κ3) is 7.37. The van der Waals surface area contributed by atoms with E-state index in [2.05, 4.69) is 28.3 Å². The molecule has 2 aromatic carbocycles. The second kappa shape index (κ2) is 11.7. The number of benzene rings is 2. The molecule has 10 nitrogen and oxygen atoms in total. The molecule has 36 heavy (non-hydrogen) atoms. The molecule has 0 saturated carbocycles. The lowest BCUT2D eigenvalue weighted by Gasteiger charge is -2.17. The number of sulfone groups is 1. The molecule has 2 aromatic rings. The molecule has 0 aliphatic carbocycles. The van der Waals surface area contributed by atoms with Gasteiger partial charge in [-0.15, -0.1) is 0 Å². The predicted molar refractivity (Wildman–Crippen MR) is 138 cm³/mol. The van der Waals surface area contributed by atoms with Gasteiger partial charge >= 0.3 is 5.91 Å². The summed E-state index contributed by atoms with van der Waals surface area (Å²) in [6.07, 6.45) is 3.38. The number of rotatable bonds is 11. The molecule has 1 unspecified atom stereocenters. The molecular weight excluding hydrogens is 504 g/mol. The van der Waals surface area contributed by atoms with Gasteiger partial charge in [0, 0.05) is 12.8 Å². The second-order valence-corrected chi connectivity index (χ2v) is 10.8. The minimum Gasteiger partial charge on any atom is -0.350 e. The van der Waals surface area contributed by atoms with Crippen LogP contribution in [-0.2, 0) is 21.1 Å². The van der Waals surface area contributed by atoms with Crippen LogP contribution < -0.4 is 22.2 Å². The first kappa shape index (κ1) is 27.3. The molecule has 12 heteroatoms. The first-order valence-electron chi connectivity index (χ1n) is 11.3. The highest BCUT2D eigenvalue weighted by Crippen LogP contribution is 2.22. The Morgan fingerprint density at radius 3 is 2.47 bits per heavy atom. The van der Waals surface area contributed by atoms with Gasteiger partial charge in [-0.25, -0.2) is 14.3 Å². The Labute approximate surface area is 215 Å². The average Bonchev–Trinajstić information content (AvgIpc) is 3.67. The maximum absolute atomic E-state index is 12.7. The number of quaternary nitrogens is 1. The third-order valence-electron chi connectivity index (χ3n) is 5.55. The molecule has 3 rings (SSSR count). The van der Waals surface area contributed by atoms with E-state index in [0.717, 1.165) is 24.0 Å². The van der Waals surface area contributed by atoms with Crippen molar-refractivity contribution in [2.45, 2.75) is 24.3 Å². The number of nitrogens with one attached hydrogen (secondary N) is 2. The van der Waals surface area contributed by atoms with E-state index in [1.165, 1.54) is 35.0 Å². The lowest BCUT2D eigenvalue weighted by atomic mass is 10.0. The van der Waals surface area contributed by atoms with Gasteiger partial charge in [0.1, 0.15) is 0 Å². The monoisotopic (exact) mass is 533 g/mol. The highest BCUT2D eigenvalue weighted by Gasteiger charge is 2.27. The maximum Gasteiger partial charge on any atom is 0.307 e. The van der Waals surface area contributed by atoms with E-state index in [-0.39, 0.29) is 46.2 Å². The van der Waals surface area contributed by atoms with E-state index in [0.29, 0.717) is 6.54 Å². The number of hydrogen-bond donors (Lipinski definition) is 4. The Morgan fingerprint density at radius 2 is 1.92 bits per heavy atom. The van der Waals surface area contributed by atoms with E-state index < -0.39 is 15.7 Å². The number of nitrogens with two attached hydrogens (primary N) is 1. The van der Waals surface area contributed by atoms with Gasteiger partial charge in [0.05, 0.1) is 46.5 Å². The minimum absolute atomic E-state index is 0.0239. The molecule has 0 saturated heterocycles. The Balaban J connectivity index is 1.53. The Hall–Kier alpha value is -3.25. The van der Waals surface area contributed by atoms with Gasteiger partial charge in [-0.3, -0.25) is 14.6 Å². The quantitative estimate of drug-likeness (QED) is 0.188. The van der Waals surface area contributed by atoms with Gasteiger partial charge < -0.3 is 21.4 Å². The molecule has 1 aliphatic rings. The van der Waals surface area contributed by atoms with Gasteiger partial charge in [0.25, 0.3) is 5.91 Å². The molecule has 1 atom stereocenters. The lowest BCUT2D eigenvalue weighted by molar-refractivity contribution is -0.300. The van der Waals surface area contributed by atoms with Crippen LogP contribution in [0.5, 0.6) is 0 Å². The fourth-order valence-electron chi connectivity index (χ4n) is 3.38. The van der Waals surface area contributed by atoms with E-state index >= 15 is 0 Å². The summed E-state index contributed by atoms with van der Waals surface area (Å²) >= 11 is 6.07. The third-order valence-corrected chi connectivity index (χ3v) is 6.98. The molecule has 0 aromatic heterocycles. The molecule has 2 amide bonds. The average molecular weight is 534 g/mol. The predicted octanol–water partition coefficient (Wildman–Crippen LogP) is 0.607. The summed E-state index contributed by atoms with van der Waals surface area (Å²) in [4.78, 5) is 29.4. The number of amides is 2. The van der Waals surface area contributed by atoms with Crippen molar-refractivity contribution in [1.29, 1.82) is 0 Å². The zero-order valence-electron chi connectivity index (χ0n) is 20.1. The van der Waals surface area contributed by atoms with Crippen molar-refractivity contribution in [3.8, 4) is 0 Å². The Morgan fingerprint density at radius 1 is 1.25 bits per heavy atom. The first-order valence-corrected chi connectivity index (χ1v) is 13.5. The highest BCUT2D eigenvalue weighted by molar-refractivity contribution is 7.90. The van der Waals surface area contributed by atoms with E-state index in [1.54, 1.807) is 0 Å². The maximum atomic E-state index is 12.7. The fourth-order valence-corrected chi connectivity index (χ4v) is 4.36. The second-order valence-electron chi connectivity index (χ2n) is 8.37. The van der Waals surface area contributed by atoms with Crippen LogP contribution in [0.2, 0.25) is 5.02 Å². The van der Waals surface area contributed by atoms with Gasteiger partial charge in [0.15, 0.2) is 9.84 Å². The number of hydrogen-bond acceptors (Lipinski definition) is 7. The minimum atomic E-state index is -3.43. The van der Waals surface area contributed by atoms with Crippen molar-refractivity contribution in [2.24, 2.45) is 10.8 Å².